The number of hydrogen-bond donors (Lipinski definition) is 2. The Labute approximate surface area is 227 Å². The van der Waals surface area contributed by atoms with Gasteiger partial charge in [0.2, 0.25) is 20.0 Å². The predicted molar refractivity (Wildman–Crippen MR) is 145 cm³/mol. The standard InChI is InChI=1S/C24H32F3N3O5S3/c1-4-17(2)37(32,33)28-15-20-16-29(38(34,35)22-8-6-5-7-21(22)36)13-14-30(20)19-11-9-18(10-12-19)23(3,31)24(25,26)27/h5-6,8-12,17,20,28,31H,4,7,13-16H2,1-3H3/t17-,20-,23+/m0/s1. The molecule has 1 aromatic rings. The van der Waals surface area contributed by atoms with Gasteiger partial charge < -0.3 is 10.0 Å². The van der Waals surface area contributed by atoms with E-state index in [4.69, 9.17) is 12.2 Å². The summed E-state index contributed by atoms with van der Waals surface area (Å²) in [5.41, 5.74) is -2.94. The lowest BCUT2D eigenvalue weighted by Crippen LogP contribution is -2.59. The Hall–Kier alpha value is -1.84. The van der Waals surface area contributed by atoms with Crippen LogP contribution in [0.15, 0.2) is 47.4 Å². The first kappa shape index (κ1) is 30.7. The maximum Gasteiger partial charge on any atom is 0.421 e. The van der Waals surface area contributed by atoms with Crippen LogP contribution in [0.4, 0.5) is 18.9 Å². The lowest BCUT2D eigenvalue weighted by Gasteiger charge is -2.42. The van der Waals surface area contributed by atoms with E-state index in [0.717, 1.165) is 12.1 Å². The lowest BCUT2D eigenvalue weighted by molar-refractivity contribution is -0.258. The fourth-order valence-corrected chi connectivity index (χ4v) is 7.39. The monoisotopic (exact) mass is 595 g/mol. The van der Waals surface area contributed by atoms with E-state index < -0.39 is 43.1 Å². The van der Waals surface area contributed by atoms with Gasteiger partial charge in [0.1, 0.15) is 0 Å². The van der Waals surface area contributed by atoms with E-state index in [9.17, 15) is 35.1 Å². The lowest BCUT2D eigenvalue weighted by atomic mass is 9.95. The number of benzene rings is 1. The van der Waals surface area contributed by atoms with E-state index in [2.05, 4.69) is 4.72 Å². The molecule has 3 atom stereocenters. The van der Waals surface area contributed by atoms with Gasteiger partial charge in [0, 0.05) is 43.2 Å². The largest absolute Gasteiger partial charge is 0.421 e. The van der Waals surface area contributed by atoms with Gasteiger partial charge in [0.05, 0.1) is 16.2 Å². The second-order valence-electron chi connectivity index (χ2n) is 9.53. The van der Waals surface area contributed by atoms with E-state index >= 15 is 0 Å². The third kappa shape index (κ3) is 6.31. The van der Waals surface area contributed by atoms with Crippen molar-refractivity contribution in [3.8, 4) is 0 Å². The summed E-state index contributed by atoms with van der Waals surface area (Å²) < 4.78 is 95.7. The van der Waals surface area contributed by atoms with Crippen LogP contribution in [-0.2, 0) is 25.6 Å². The van der Waals surface area contributed by atoms with Gasteiger partial charge >= 0.3 is 6.18 Å². The number of thiocarbonyl (C=S) groups is 1. The van der Waals surface area contributed by atoms with E-state index in [-0.39, 0.29) is 41.5 Å². The van der Waals surface area contributed by atoms with Crippen molar-refractivity contribution in [2.75, 3.05) is 31.1 Å². The van der Waals surface area contributed by atoms with Crippen LogP contribution >= 0.6 is 12.2 Å². The molecule has 0 aromatic heterocycles. The molecule has 2 N–H and O–H groups in total. The SMILES string of the molecule is CC[C@H](C)S(=O)(=O)NC[C@H]1CN(S(=O)(=O)C2=CC=CCC2=S)CCN1c1ccc([C@@](C)(O)C(F)(F)F)cc1. The third-order valence-electron chi connectivity index (χ3n) is 6.96. The summed E-state index contributed by atoms with van der Waals surface area (Å²) in [6, 6.07) is 4.45. The number of piperazine rings is 1. The number of sulfonamides is 2. The quantitative estimate of drug-likeness (QED) is 0.423. The number of nitrogens with one attached hydrogen (secondary N) is 1. The molecule has 0 bridgehead atoms. The summed E-state index contributed by atoms with van der Waals surface area (Å²) in [5.74, 6) is 0. The van der Waals surface area contributed by atoms with Crippen LogP contribution in [-0.4, -0.2) is 74.8 Å². The van der Waals surface area contributed by atoms with Crippen molar-refractivity contribution in [2.45, 2.75) is 56.7 Å². The first-order chi connectivity index (χ1) is 17.5. The van der Waals surface area contributed by atoms with Gasteiger partial charge in [-0.15, -0.1) is 0 Å². The maximum atomic E-state index is 13.4. The van der Waals surface area contributed by atoms with Crippen LogP contribution in [0.5, 0.6) is 0 Å². The molecule has 212 valence electrons. The van der Waals surface area contributed by atoms with E-state index in [1.165, 1.54) is 22.5 Å². The fraction of sp³-hybridized carbons (Fsp3) is 0.542. The minimum Gasteiger partial charge on any atom is -0.376 e. The van der Waals surface area contributed by atoms with Gasteiger partial charge in [-0.05, 0) is 44.0 Å². The van der Waals surface area contributed by atoms with Gasteiger partial charge in [0.15, 0.2) is 5.60 Å². The van der Waals surface area contributed by atoms with Crippen LogP contribution in [0.2, 0.25) is 0 Å². The first-order valence-electron chi connectivity index (χ1n) is 12.1. The molecule has 2 aliphatic rings. The molecule has 3 rings (SSSR count). The second-order valence-corrected chi connectivity index (χ2v) is 14.1. The molecule has 38 heavy (non-hydrogen) atoms. The van der Waals surface area contributed by atoms with Gasteiger partial charge in [0.25, 0.3) is 0 Å². The van der Waals surface area contributed by atoms with Gasteiger partial charge in [-0.2, -0.15) is 17.5 Å². The Balaban J connectivity index is 1.91. The minimum absolute atomic E-state index is 0.0288. The minimum atomic E-state index is -4.88. The Morgan fingerprint density at radius 1 is 1.16 bits per heavy atom. The normalized spacial score (nSPS) is 22.2. The van der Waals surface area contributed by atoms with Crippen LogP contribution < -0.4 is 9.62 Å². The third-order valence-corrected chi connectivity index (χ3v) is 11.4. The van der Waals surface area contributed by atoms with Gasteiger partial charge in [-0.3, -0.25) is 0 Å². The zero-order chi connectivity index (χ0) is 28.5. The highest BCUT2D eigenvalue weighted by Gasteiger charge is 2.51. The Morgan fingerprint density at radius 2 is 1.79 bits per heavy atom. The number of hydrogen-bond acceptors (Lipinski definition) is 7. The number of rotatable bonds is 9. The fourth-order valence-electron chi connectivity index (χ4n) is 4.17. The average molecular weight is 596 g/mol. The highest BCUT2D eigenvalue weighted by molar-refractivity contribution is 7.96. The average Bonchev–Trinajstić information content (AvgIpc) is 2.86. The summed E-state index contributed by atoms with van der Waals surface area (Å²) >= 11 is 5.26. The van der Waals surface area contributed by atoms with Crippen molar-refractivity contribution < 1.29 is 35.1 Å². The molecular weight excluding hydrogens is 563 g/mol. The van der Waals surface area contributed by atoms with Crippen LogP contribution in [0.3, 0.4) is 0 Å². The summed E-state index contributed by atoms with van der Waals surface area (Å²) in [4.78, 5) is 2.07. The second kappa shape index (κ2) is 11.3. The summed E-state index contributed by atoms with van der Waals surface area (Å²) in [6.45, 7) is 3.98. The van der Waals surface area contributed by atoms with E-state index in [1.54, 1.807) is 30.9 Å². The van der Waals surface area contributed by atoms with Crippen molar-refractivity contribution in [3.63, 3.8) is 0 Å². The van der Waals surface area contributed by atoms with Gasteiger partial charge in [-0.25, -0.2) is 21.6 Å². The molecule has 1 saturated heterocycles. The highest BCUT2D eigenvalue weighted by atomic mass is 32.2. The Kier molecular flexibility index (Phi) is 9.16. The number of anilines is 1. The molecule has 1 aromatic carbocycles. The molecule has 1 heterocycles. The Bertz CT molecular complexity index is 1310. The van der Waals surface area contributed by atoms with Crippen LogP contribution in [0.1, 0.15) is 39.2 Å². The van der Waals surface area contributed by atoms with Gasteiger partial charge in [-0.1, -0.05) is 43.4 Å². The number of alkyl halides is 3. The van der Waals surface area contributed by atoms with E-state index in [0.29, 0.717) is 25.5 Å². The van der Waals surface area contributed by atoms with Crippen molar-refractivity contribution in [1.29, 1.82) is 0 Å². The van der Waals surface area contributed by atoms with Crippen LogP contribution in [0.25, 0.3) is 0 Å². The molecule has 1 aliphatic heterocycles. The molecule has 8 nitrogen and oxygen atoms in total. The summed E-state index contributed by atoms with van der Waals surface area (Å²) in [6.07, 6.45) is 0.643. The summed E-state index contributed by atoms with van der Waals surface area (Å²) in [5, 5.41) is 9.32. The van der Waals surface area contributed by atoms with Crippen molar-refractivity contribution in [2.24, 2.45) is 0 Å². The topological polar surface area (TPSA) is 107 Å². The highest BCUT2D eigenvalue weighted by Crippen LogP contribution is 2.39. The molecule has 0 unspecified atom stereocenters. The van der Waals surface area contributed by atoms with Crippen molar-refractivity contribution >= 4 is 42.8 Å². The molecule has 1 aliphatic carbocycles. The van der Waals surface area contributed by atoms with Crippen molar-refractivity contribution in [1.82, 2.24) is 9.03 Å². The first-order valence-corrected chi connectivity index (χ1v) is 15.5. The molecule has 0 amide bonds. The smallest absolute Gasteiger partial charge is 0.376 e. The Morgan fingerprint density at radius 3 is 2.34 bits per heavy atom. The van der Waals surface area contributed by atoms with Crippen molar-refractivity contribution in [3.05, 3.63) is 53.0 Å². The molecule has 0 spiro atoms. The number of nitrogens with zero attached hydrogens (tertiary/aromatic N) is 2. The molecule has 0 saturated carbocycles. The molecule has 14 heteroatoms. The maximum absolute atomic E-state index is 13.4. The zero-order valence-electron chi connectivity index (χ0n) is 21.3. The molecular formula is C24H32F3N3O5S3. The van der Waals surface area contributed by atoms with Crippen LogP contribution in [0, 0.1) is 0 Å². The molecule has 0 radical (unpaired) electrons. The predicted octanol–water partition coefficient (Wildman–Crippen LogP) is 3.21. The number of allylic oxidation sites excluding steroid dienone is 4. The van der Waals surface area contributed by atoms with E-state index in [1.807, 2.05) is 0 Å². The molecule has 1 fully saturated rings. The summed E-state index contributed by atoms with van der Waals surface area (Å²) in [7, 11) is -7.63. The zero-order valence-corrected chi connectivity index (χ0v) is 23.7. The number of aliphatic hydroxyl groups is 1. The number of halogens is 3.